The summed E-state index contributed by atoms with van der Waals surface area (Å²) in [5, 5.41) is 22.4. The summed E-state index contributed by atoms with van der Waals surface area (Å²) in [7, 11) is 0. The van der Waals surface area contributed by atoms with Crippen LogP contribution in [0, 0.1) is 0 Å². The van der Waals surface area contributed by atoms with Crippen molar-refractivity contribution >= 4 is 17.4 Å². The summed E-state index contributed by atoms with van der Waals surface area (Å²) in [5.74, 6) is 0.142. The SMILES string of the molecule is CSc1ccccc1NC(C)c1cc(O)cc(O)c1. The Balaban J connectivity index is 2.22. The van der Waals surface area contributed by atoms with Gasteiger partial charge in [0.05, 0.1) is 0 Å². The first-order valence-electron chi connectivity index (χ1n) is 6.02. The van der Waals surface area contributed by atoms with Crippen LogP contribution in [0.4, 0.5) is 5.69 Å². The van der Waals surface area contributed by atoms with Gasteiger partial charge in [0.1, 0.15) is 11.5 Å². The minimum absolute atomic E-state index is 0.00806. The summed E-state index contributed by atoms with van der Waals surface area (Å²) in [6, 6.07) is 12.7. The zero-order chi connectivity index (χ0) is 13.8. The largest absolute Gasteiger partial charge is 0.508 e. The summed E-state index contributed by atoms with van der Waals surface area (Å²) in [4.78, 5) is 1.17. The van der Waals surface area contributed by atoms with Crippen molar-refractivity contribution in [1.29, 1.82) is 0 Å². The van der Waals surface area contributed by atoms with Crippen molar-refractivity contribution in [2.24, 2.45) is 0 Å². The molecule has 3 nitrogen and oxygen atoms in total. The minimum atomic E-state index is -0.00806. The molecule has 4 heteroatoms. The first-order valence-corrected chi connectivity index (χ1v) is 7.25. The first-order chi connectivity index (χ1) is 9.10. The van der Waals surface area contributed by atoms with Crippen LogP contribution in [0.15, 0.2) is 47.4 Å². The van der Waals surface area contributed by atoms with E-state index in [0.717, 1.165) is 11.3 Å². The highest BCUT2D eigenvalue weighted by Crippen LogP contribution is 2.30. The van der Waals surface area contributed by atoms with Crippen molar-refractivity contribution in [2.75, 3.05) is 11.6 Å². The van der Waals surface area contributed by atoms with Crippen molar-refractivity contribution in [3.05, 3.63) is 48.0 Å². The summed E-state index contributed by atoms with van der Waals surface area (Å²) < 4.78 is 0. The van der Waals surface area contributed by atoms with E-state index in [9.17, 15) is 10.2 Å². The van der Waals surface area contributed by atoms with Crippen LogP contribution in [-0.4, -0.2) is 16.5 Å². The van der Waals surface area contributed by atoms with E-state index in [-0.39, 0.29) is 17.5 Å². The van der Waals surface area contributed by atoms with Crippen molar-refractivity contribution in [3.8, 4) is 11.5 Å². The molecular formula is C15H17NO2S. The molecule has 0 aliphatic rings. The summed E-state index contributed by atoms with van der Waals surface area (Å²) in [5.41, 5.74) is 1.89. The van der Waals surface area contributed by atoms with Crippen LogP contribution in [0.1, 0.15) is 18.5 Å². The summed E-state index contributed by atoms with van der Waals surface area (Å²) >= 11 is 1.68. The molecule has 2 aromatic rings. The lowest BCUT2D eigenvalue weighted by Gasteiger charge is -2.18. The highest BCUT2D eigenvalue weighted by atomic mass is 32.2. The van der Waals surface area contributed by atoms with Gasteiger partial charge in [0.2, 0.25) is 0 Å². The lowest BCUT2D eigenvalue weighted by molar-refractivity contribution is 0.448. The van der Waals surface area contributed by atoms with Gasteiger partial charge in [0.15, 0.2) is 0 Å². The zero-order valence-corrected chi connectivity index (χ0v) is 11.7. The molecule has 1 atom stereocenters. The van der Waals surface area contributed by atoms with E-state index in [4.69, 9.17) is 0 Å². The van der Waals surface area contributed by atoms with E-state index in [1.165, 1.54) is 11.0 Å². The fraction of sp³-hybridized carbons (Fsp3) is 0.200. The van der Waals surface area contributed by atoms with Gasteiger partial charge in [0, 0.05) is 22.7 Å². The molecule has 2 rings (SSSR count). The molecule has 0 saturated carbocycles. The number of thioether (sulfide) groups is 1. The number of rotatable bonds is 4. The van der Waals surface area contributed by atoms with Gasteiger partial charge < -0.3 is 15.5 Å². The molecule has 19 heavy (non-hydrogen) atoms. The molecule has 0 aliphatic heterocycles. The number of hydrogen-bond acceptors (Lipinski definition) is 4. The molecular weight excluding hydrogens is 258 g/mol. The number of para-hydroxylation sites is 1. The monoisotopic (exact) mass is 275 g/mol. The number of benzene rings is 2. The molecule has 0 saturated heterocycles. The molecule has 0 spiro atoms. The maximum absolute atomic E-state index is 9.52. The predicted octanol–water partition coefficient (Wildman–Crippen LogP) is 3.99. The average Bonchev–Trinajstić information content (AvgIpc) is 2.38. The van der Waals surface area contributed by atoms with Gasteiger partial charge in [-0.1, -0.05) is 12.1 Å². The highest BCUT2D eigenvalue weighted by Gasteiger charge is 2.09. The third-order valence-electron chi connectivity index (χ3n) is 2.90. The Morgan fingerprint density at radius 1 is 1.05 bits per heavy atom. The second-order valence-electron chi connectivity index (χ2n) is 4.35. The Labute approximate surface area is 117 Å². The Morgan fingerprint density at radius 3 is 2.32 bits per heavy atom. The first kappa shape index (κ1) is 13.6. The summed E-state index contributed by atoms with van der Waals surface area (Å²) in [6.07, 6.45) is 2.03. The number of phenolic OH excluding ortho intramolecular Hbond substituents is 2. The van der Waals surface area contributed by atoms with Crippen LogP contribution in [0.2, 0.25) is 0 Å². The van der Waals surface area contributed by atoms with Gasteiger partial charge in [-0.05, 0) is 43.0 Å². The van der Waals surface area contributed by atoms with Crippen molar-refractivity contribution in [1.82, 2.24) is 0 Å². The van der Waals surface area contributed by atoms with Crippen molar-refractivity contribution in [3.63, 3.8) is 0 Å². The Kier molecular flexibility index (Phi) is 4.22. The van der Waals surface area contributed by atoms with Crippen LogP contribution >= 0.6 is 11.8 Å². The molecule has 0 radical (unpaired) electrons. The van der Waals surface area contributed by atoms with E-state index >= 15 is 0 Å². The van der Waals surface area contributed by atoms with E-state index in [1.807, 2.05) is 31.4 Å². The number of aromatic hydroxyl groups is 2. The maximum atomic E-state index is 9.52. The molecule has 0 bridgehead atoms. The lowest BCUT2D eigenvalue weighted by atomic mass is 10.1. The molecule has 1 unspecified atom stereocenters. The average molecular weight is 275 g/mol. The molecule has 0 amide bonds. The number of nitrogens with one attached hydrogen (secondary N) is 1. The van der Waals surface area contributed by atoms with Crippen LogP contribution in [0.25, 0.3) is 0 Å². The van der Waals surface area contributed by atoms with Gasteiger partial charge >= 0.3 is 0 Å². The molecule has 0 fully saturated rings. The van der Waals surface area contributed by atoms with Gasteiger partial charge in [-0.15, -0.1) is 11.8 Å². The van der Waals surface area contributed by atoms with Crippen LogP contribution < -0.4 is 5.32 Å². The van der Waals surface area contributed by atoms with E-state index in [1.54, 1.807) is 23.9 Å². The number of phenols is 2. The second-order valence-corrected chi connectivity index (χ2v) is 5.20. The van der Waals surface area contributed by atoms with Crippen LogP contribution in [-0.2, 0) is 0 Å². The smallest absolute Gasteiger partial charge is 0.119 e. The summed E-state index contributed by atoms with van der Waals surface area (Å²) in [6.45, 7) is 1.99. The van der Waals surface area contributed by atoms with E-state index in [0.29, 0.717) is 0 Å². The van der Waals surface area contributed by atoms with Crippen LogP contribution in [0.5, 0.6) is 11.5 Å². The molecule has 100 valence electrons. The predicted molar refractivity (Wildman–Crippen MR) is 80.0 cm³/mol. The number of anilines is 1. The standard InChI is InChI=1S/C15H17NO2S/c1-10(11-7-12(17)9-13(18)8-11)16-14-5-3-4-6-15(14)19-2/h3-10,16-18H,1-2H3. The van der Waals surface area contributed by atoms with Crippen LogP contribution in [0.3, 0.4) is 0 Å². The third-order valence-corrected chi connectivity index (χ3v) is 3.70. The highest BCUT2D eigenvalue weighted by molar-refractivity contribution is 7.98. The van der Waals surface area contributed by atoms with Gasteiger partial charge in [-0.3, -0.25) is 0 Å². The van der Waals surface area contributed by atoms with Gasteiger partial charge in [-0.25, -0.2) is 0 Å². The van der Waals surface area contributed by atoms with Crippen molar-refractivity contribution in [2.45, 2.75) is 17.9 Å². The fourth-order valence-corrected chi connectivity index (χ4v) is 2.51. The quantitative estimate of drug-likeness (QED) is 0.738. The Hall–Kier alpha value is -1.81. The van der Waals surface area contributed by atoms with E-state index in [2.05, 4.69) is 11.4 Å². The second kappa shape index (κ2) is 5.89. The fourth-order valence-electron chi connectivity index (χ4n) is 1.95. The zero-order valence-electron chi connectivity index (χ0n) is 10.9. The maximum Gasteiger partial charge on any atom is 0.119 e. The van der Waals surface area contributed by atoms with Gasteiger partial charge in [-0.2, -0.15) is 0 Å². The van der Waals surface area contributed by atoms with Crippen molar-refractivity contribution < 1.29 is 10.2 Å². The molecule has 0 heterocycles. The molecule has 3 N–H and O–H groups in total. The lowest BCUT2D eigenvalue weighted by Crippen LogP contribution is -2.07. The Bertz CT molecular complexity index is 552. The van der Waals surface area contributed by atoms with Gasteiger partial charge in [0.25, 0.3) is 0 Å². The Morgan fingerprint density at radius 2 is 1.68 bits per heavy atom. The molecule has 0 aromatic heterocycles. The minimum Gasteiger partial charge on any atom is -0.508 e. The number of hydrogen-bond donors (Lipinski definition) is 3. The third kappa shape index (κ3) is 3.35. The molecule has 0 aliphatic carbocycles. The molecule has 2 aromatic carbocycles. The van der Waals surface area contributed by atoms with E-state index < -0.39 is 0 Å². The normalized spacial score (nSPS) is 12.1. The topological polar surface area (TPSA) is 52.5 Å².